The Morgan fingerprint density at radius 1 is 1.08 bits per heavy atom. The van der Waals surface area contributed by atoms with E-state index < -0.39 is 11.8 Å². The normalized spacial score (nSPS) is 8.33. The van der Waals surface area contributed by atoms with Gasteiger partial charge >= 0.3 is 0 Å². The SMILES string of the molecule is O=C([O-])C(=O)c1ccccc1.[NH4+]. The largest absolute Gasteiger partial charge is 0.541 e. The van der Waals surface area contributed by atoms with E-state index in [0.717, 1.165) is 0 Å². The second kappa shape index (κ2) is 4.25. The zero-order valence-electron chi connectivity index (χ0n) is 6.61. The predicted molar refractivity (Wildman–Crippen MR) is 41.8 cm³/mol. The molecule has 0 bridgehead atoms. The molecule has 0 radical (unpaired) electrons. The van der Waals surface area contributed by atoms with Gasteiger partial charge in [0.05, 0.1) is 0 Å². The summed E-state index contributed by atoms with van der Waals surface area (Å²) in [5, 5.41) is 10.0. The van der Waals surface area contributed by atoms with Gasteiger partial charge in [-0.2, -0.15) is 0 Å². The van der Waals surface area contributed by atoms with Crippen molar-refractivity contribution >= 4 is 11.8 Å². The first-order chi connectivity index (χ1) is 5.22. The van der Waals surface area contributed by atoms with Crippen molar-refractivity contribution in [2.24, 2.45) is 0 Å². The quantitative estimate of drug-likeness (QED) is 0.496. The Balaban J connectivity index is 0.00000121. The van der Waals surface area contributed by atoms with Crippen LogP contribution in [-0.2, 0) is 4.79 Å². The molecule has 0 amide bonds. The minimum atomic E-state index is -1.67. The van der Waals surface area contributed by atoms with Crippen LogP contribution in [0.15, 0.2) is 30.3 Å². The molecule has 4 N–H and O–H groups in total. The molecule has 0 saturated heterocycles. The van der Waals surface area contributed by atoms with Crippen molar-refractivity contribution in [1.82, 2.24) is 6.15 Å². The molecule has 0 unspecified atom stereocenters. The number of rotatable bonds is 2. The van der Waals surface area contributed by atoms with Crippen LogP contribution in [0.2, 0.25) is 0 Å². The van der Waals surface area contributed by atoms with Gasteiger partial charge in [-0.25, -0.2) is 0 Å². The number of aliphatic carboxylic acids is 1. The van der Waals surface area contributed by atoms with Crippen molar-refractivity contribution in [3.8, 4) is 0 Å². The van der Waals surface area contributed by atoms with Gasteiger partial charge in [0.1, 0.15) is 5.97 Å². The van der Waals surface area contributed by atoms with Crippen molar-refractivity contribution in [2.45, 2.75) is 0 Å². The van der Waals surface area contributed by atoms with Gasteiger partial charge in [-0.1, -0.05) is 30.3 Å². The van der Waals surface area contributed by atoms with Crippen LogP contribution >= 0.6 is 0 Å². The predicted octanol–water partition coefficient (Wildman–Crippen LogP) is -0.00460. The maximum Gasteiger partial charge on any atom is 0.208 e. The lowest BCUT2D eigenvalue weighted by Gasteiger charge is -1.98. The van der Waals surface area contributed by atoms with Crippen molar-refractivity contribution < 1.29 is 14.7 Å². The third-order valence-electron chi connectivity index (χ3n) is 1.22. The van der Waals surface area contributed by atoms with Gasteiger partial charge in [0.25, 0.3) is 0 Å². The van der Waals surface area contributed by atoms with Crippen LogP contribution in [0.1, 0.15) is 10.4 Å². The van der Waals surface area contributed by atoms with E-state index in [1.54, 1.807) is 18.2 Å². The molecule has 0 fully saturated rings. The molecule has 4 nitrogen and oxygen atoms in total. The standard InChI is InChI=1S/C8H6O3.H3N/c9-7(8(10)11)6-4-2-1-3-5-6;/h1-5H,(H,10,11);1H3. The van der Waals surface area contributed by atoms with Crippen molar-refractivity contribution in [3.05, 3.63) is 35.9 Å². The fourth-order valence-electron chi connectivity index (χ4n) is 0.707. The van der Waals surface area contributed by atoms with Gasteiger partial charge < -0.3 is 16.1 Å². The summed E-state index contributed by atoms with van der Waals surface area (Å²) in [6.45, 7) is 0. The van der Waals surface area contributed by atoms with Gasteiger partial charge in [0.2, 0.25) is 5.78 Å². The van der Waals surface area contributed by atoms with E-state index in [0.29, 0.717) is 0 Å². The first-order valence-electron chi connectivity index (χ1n) is 3.02. The zero-order chi connectivity index (χ0) is 8.27. The van der Waals surface area contributed by atoms with Gasteiger partial charge in [-0.15, -0.1) is 0 Å². The molecular formula is C8H9NO3. The average molecular weight is 167 g/mol. The molecule has 0 aliphatic heterocycles. The Morgan fingerprint density at radius 3 is 2.00 bits per heavy atom. The molecule has 1 aromatic carbocycles. The first-order valence-corrected chi connectivity index (χ1v) is 3.02. The molecule has 1 aromatic rings. The van der Waals surface area contributed by atoms with E-state index in [1.807, 2.05) is 0 Å². The number of carbonyl (C=O) groups excluding carboxylic acids is 2. The highest BCUT2D eigenvalue weighted by atomic mass is 16.4. The number of quaternary nitrogens is 1. The van der Waals surface area contributed by atoms with Crippen LogP contribution in [0.3, 0.4) is 0 Å². The molecule has 0 saturated carbocycles. The van der Waals surface area contributed by atoms with Gasteiger partial charge in [-0.3, -0.25) is 4.79 Å². The summed E-state index contributed by atoms with van der Waals surface area (Å²) in [6, 6.07) is 7.74. The van der Waals surface area contributed by atoms with E-state index in [1.165, 1.54) is 12.1 Å². The van der Waals surface area contributed by atoms with Gasteiger partial charge in [-0.05, 0) is 0 Å². The minimum absolute atomic E-state index is 0. The van der Waals surface area contributed by atoms with Crippen molar-refractivity contribution in [3.63, 3.8) is 0 Å². The number of carbonyl (C=O) groups is 2. The van der Waals surface area contributed by atoms with Crippen LogP contribution in [0, 0.1) is 0 Å². The fourth-order valence-corrected chi connectivity index (χ4v) is 0.707. The van der Waals surface area contributed by atoms with Crippen LogP contribution in [-0.4, -0.2) is 11.8 Å². The van der Waals surface area contributed by atoms with Crippen LogP contribution < -0.4 is 11.3 Å². The molecule has 0 spiro atoms. The number of carboxylic acids is 1. The second-order valence-electron chi connectivity index (χ2n) is 1.98. The Bertz CT molecular complexity index is 282. The lowest BCUT2D eigenvalue weighted by atomic mass is 10.1. The highest BCUT2D eigenvalue weighted by molar-refractivity contribution is 6.38. The van der Waals surface area contributed by atoms with E-state index >= 15 is 0 Å². The highest BCUT2D eigenvalue weighted by Gasteiger charge is 2.03. The summed E-state index contributed by atoms with van der Waals surface area (Å²) < 4.78 is 0. The fraction of sp³-hybridized carbons (Fsp3) is 0. The number of hydrogen-bond donors (Lipinski definition) is 1. The van der Waals surface area contributed by atoms with E-state index in [4.69, 9.17) is 0 Å². The molecule has 0 aromatic heterocycles. The molecule has 0 aliphatic carbocycles. The lowest BCUT2D eigenvalue weighted by Crippen LogP contribution is -2.31. The number of carboxylic acid groups (broad SMARTS) is 1. The van der Waals surface area contributed by atoms with Crippen LogP contribution in [0.4, 0.5) is 0 Å². The minimum Gasteiger partial charge on any atom is -0.541 e. The molecule has 64 valence electrons. The van der Waals surface area contributed by atoms with Crippen LogP contribution in [0.25, 0.3) is 0 Å². The molecule has 0 heterocycles. The summed E-state index contributed by atoms with van der Waals surface area (Å²) in [7, 11) is 0. The third-order valence-corrected chi connectivity index (χ3v) is 1.22. The molecule has 0 atom stereocenters. The van der Waals surface area contributed by atoms with E-state index in [9.17, 15) is 14.7 Å². The summed E-state index contributed by atoms with van der Waals surface area (Å²) in [5.74, 6) is -2.65. The third kappa shape index (κ3) is 2.17. The lowest BCUT2D eigenvalue weighted by molar-refractivity contribution is -0.296. The Hall–Kier alpha value is -1.68. The second-order valence-corrected chi connectivity index (χ2v) is 1.98. The van der Waals surface area contributed by atoms with Gasteiger partial charge in [0, 0.05) is 5.56 Å². The Morgan fingerprint density at radius 2 is 1.58 bits per heavy atom. The first kappa shape index (κ1) is 10.3. The highest BCUT2D eigenvalue weighted by Crippen LogP contribution is 1.98. The van der Waals surface area contributed by atoms with Crippen LogP contribution in [0.5, 0.6) is 0 Å². The maximum absolute atomic E-state index is 10.7. The van der Waals surface area contributed by atoms with E-state index in [2.05, 4.69) is 0 Å². The van der Waals surface area contributed by atoms with E-state index in [-0.39, 0.29) is 11.7 Å². The number of ketones is 1. The molecule has 0 aliphatic rings. The van der Waals surface area contributed by atoms with Crippen molar-refractivity contribution in [2.75, 3.05) is 0 Å². The Labute approximate surface area is 69.4 Å². The van der Waals surface area contributed by atoms with Gasteiger partial charge in [0.15, 0.2) is 0 Å². The Kier molecular flexibility index (Phi) is 3.66. The zero-order valence-corrected chi connectivity index (χ0v) is 6.61. The molecule has 12 heavy (non-hydrogen) atoms. The van der Waals surface area contributed by atoms with Crippen molar-refractivity contribution in [1.29, 1.82) is 0 Å². The average Bonchev–Trinajstić information content (AvgIpc) is 2.05. The molecular weight excluding hydrogens is 158 g/mol. The molecule has 1 rings (SSSR count). The summed E-state index contributed by atoms with van der Waals surface area (Å²) in [5.41, 5.74) is 0.146. The number of hydrogen-bond acceptors (Lipinski definition) is 3. The summed E-state index contributed by atoms with van der Waals surface area (Å²) in [6.07, 6.45) is 0. The maximum atomic E-state index is 10.7. The molecule has 4 heteroatoms. The topological polar surface area (TPSA) is 93.7 Å². The summed E-state index contributed by atoms with van der Waals surface area (Å²) >= 11 is 0. The smallest absolute Gasteiger partial charge is 0.208 e. The summed E-state index contributed by atoms with van der Waals surface area (Å²) in [4.78, 5) is 20.7. The monoisotopic (exact) mass is 167 g/mol. The number of benzene rings is 1. The number of Topliss-reactive ketones (excluding diaryl/α,β-unsaturated/α-hetero) is 1.